The topological polar surface area (TPSA) is 92.6 Å². The van der Waals surface area contributed by atoms with Crippen LogP contribution >= 0.6 is 11.6 Å². The van der Waals surface area contributed by atoms with Crippen molar-refractivity contribution in [1.82, 2.24) is 20.2 Å². The van der Waals surface area contributed by atoms with Gasteiger partial charge in [-0.05, 0) is 30.7 Å². The summed E-state index contributed by atoms with van der Waals surface area (Å²) in [6, 6.07) is 9.88. The number of aryl methyl sites for hydroxylation is 1. The van der Waals surface area contributed by atoms with Gasteiger partial charge >= 0.3 is 0 Å². The quantitative estimate of drug-likeness (QED) is 0.684. The molecule has 0 saturated heterocycles. The van der Waals surface area contributed by atoms with Crippen LogP contribution in [0.2, 0.25) is 5.02 Å². The second-order valence-electron chi connectivity index (χ2n) is 5.30. The van der Waals surface area contributed by atoms with Gasteiger partial charge in [0.2, 0.25) is 0 Å². The Hall–Kier alpha value is -3.19. The summed E-state index contributed by atoms with van der Waals surface area (Å²) in [7, 11) is 0. The molecule has 0 atom stereocenters. The van der Waals surface area contributed by atoms with Gasteiger partial charge in [-0.15, -0.1) is 0 Å². The van der Waals surface area contributed by atoms with Crippen LogP contribution in [-0.2, 0) is 0 Å². The number of hydrogen-bond acceptors (Lipinski definition) is 4. The Bertz CT molecular complexity index is 1050. The Morgan fingerprint density at radius 2 is 1.72 bits per heavy atom. The Morgan fingerprint density at radius 1 is 1.04 bits per heavy atom. The highest BCUT2D eigenvalue weighted by molar-refractivity contribution is 6.33. The van der Waals surface area contributed by atoms with Crippen LogP contribution in [0.25, 0.3) is 5.65 Å². The van der Waals surface area contributed by atoms with Crippen molar-refractivity contribution in [2.45, 2.75) is 6.92 Å². The number of halogens is 1. The number of nitrogens with zero attached hydrogens (tertiary/aromatic N) is 2. The Morgan fingerprint density at radius 3 is 2.44 bits per heavy atom. The maximum atomic E-state index is 12.4. The van der Waals surface area contributed by atoms with Crippen molar-refractivity contribution >= 4 is 29.1 Å². The van der Waals surface area contributed by atoms with Crippen LogP contribution in [-0.4, -0.2) is 21.2 Å². The number of carbonyl (C=O) groups excluding carboxylic acids is 2. The van der Waals surface area contributed by atoms with Crippen LogP contribution in [0.3, 0.4) is 0 Å². The first kappa shape index (κ1) is 16.7. The smallest absolute Gasteiger partial charge is 0.268 e. The van der Waals surface area contributed by atoms with Crippen molar-refractivity contribution in [3.63, 3.8) is 0 Å². The van der Waals surface area contributed by atoms with Gasteiger partial charge < -0.3 is 0 Å². The second-order valence-corrected chi connectivity index (χ2v) is 5.71. The Kier molecular flexibility index (Phi) is 4.49. The van der Waals surface area contributed by atoms with Crippen molar-refractivity contribution in [2.24, 2.45) is 0 Å². The average Bonchev–Trinajstić information content (AvgIpc) is 2.60. The Labute approximate surface area is 147 Å². The van der Waals surface area contributed by atoms with Gasteiger partial charge in [0.1, 0.15) is 11.2 Å². The summed E-state index contributed by atoms with van der Waals surface area (Å²) in [5, 5.41) is 0.247. The molecular formula is C17H13ClN4O3. The normalized spacial score (nSPS) is 10.5. The van der Waals surface area contributed by atoms with E-state index >= 15 is 0 Å². The number of amides is 2. The first-order valence-corrected chi connectivity index (χ1v) is 7.68. The fourth-order valence-corrected chi connectivity index (χ4v) is 2.45. The highest BCUT2D eigenvalue weighted by Crippen LogP contribution is 2.14. The molecule has 3 rings (SSSR count). The van der Waals surface area contributed by atoms with Gasteiger partial charge in [0.25, 0.3) is 17.4 Å². The number of fused-ring (bicyclic) bond motifs is 1. The maximum absolute atomic E-state index is 12.4. The summed E-state index contributed by atoms with van der Waals surface area (Å²) < 4.78 is 1.28. The number of pyridine rings is 1. The number of aromatic nitrogens is 2. The standard InChI is InChI=1S/C17H13ClN4O3/c1-10-6-7-14-19-8-12(17(25)22(14)9-10)16(24)21-20-15(23)11-4-2-3-5-13(11)18/h2-9H,1H3,(H,20,23)(H,21,24). The summed E-state index contributed by atoms with van der Waals surface area (Å²) >= 11 is 5.92. The lowest BCUT2D eigenvalue weighted by Crippen LogP contribution is -2.43. The van der Waals surface area contributed by atoms with Crippen molar-refractivity contribution in [3.8, 4) is 0 Å². The lowest BCUT2D eigenvalue weighted by Gasteiger charge is -2.09. The second kappa shape index (κ2) is 6.74. The number of hydrogen-bond donors (Lipinski definition) is 2. The minimum Gasteiger partial charge on any atom is -0.268 e. The van der Waals surface area contributed by atoms with Crippen LogP contribution < -0.4 is 16.4 Å². The molecule has 0 saturated carbocycles. The zero-order valence-corrected chi connectivity index (χ0v) is 13.9. The van der Waals surface area contributed by atoms with Crippen LogP contribution in [0.1, 0.15) is 26.3 Å². The van der Waals surface area contributed by atoms with Gasteiger partial charge in [0, 0.05) is 12.4 Å². The molecule has 2 amide bonds. The molecule has 3 aromatic rings. The summed E-state index contributed by atoms with van der Waals surface area (Å²) in [6.07, 6.45) is 2.76. The summed E-state index contributed by atoms with van der Waals surface area (Å²) in [5.41, 5.74) is 5.17. The predicted molar refractivity (Wildman–Crippen MR) is 92.6 cm³/mol. The molecule has 25 heavy (non-hydrogen) atoms. The van der Waals surface area contributed by atoms with Crippen molar-refractivity contribution < 1.29 is 9.59 Å². The van der Waals surface area contributed by atoms with E-state index in [1.807, 2.05) is 13.0 Å². The lowest BCUT2D eigenvalue weighted by molar-refractivity contribution is 0.0845. The van der Waals surface area contributed by atoms with E-state index in [2.05, 4.69) is 15.8 Å². The van der Waals surface area contributed by atoms with Crippen LogP contribution in [0.5, 0.6) is 0 Å². The van der Waals surface area contributed by atoms with Crippen LogP contribution in [0.4, 0.5) is 0 Å². The van der Waals surface area contributed by atoms with E-state index in [9.17, 15) is 14.4 Å². The third-order valence-electron chi connectivity index (χ3n) is 3.50. The molecular weight excluding hydrogens is 344 g/mol. The molecule has 7 nitrogen and oxygen atoms in total. The third kappa shape index (κ3) is 3.36. The molecule has 0 aliphatic rings. The van der Waals surface area contributed by atoms with E-state index in [1.165, 1.54) is 16.7 Å². The first-order valence-electron chi connectivity index (χ1n) is 7.30. The van der Waals surface area contributed by atoms with Crippen LogP contribution in [0.15, 0.2) is 53.6 Å². The number of hydrazine groups is 1. The Balaban J connectivity index is 1.81. The van der Waals surface area contributed by atoms with Crippen molar-refractivity contribution in [1.29, 1.82) is 0 Å². The SMILES string of the molecule is Cc1ccc2ncc(C(=O)NNC(=O)c3ccccc3Cl)c(=O)n2c1. The number of rotatable bonds is 2. The maximum Gasteiger partial charge on any atom is 0.276 e. The molecule has 0 fully saturated rings. The van der Waals surface area contributed by atoms with Gasteiger partial charge in [0.15, 0.2) is 0 Å². The number of nitrogens with one attached hydrogen (secondary N) is 2. The molecule has 0 unspecified atom stereocenters. The molecule has 2 N–H and O–H groups in total. The minimum atomic E-state index is -0.770. The molecule has 126 valence electrons. The van der Waals surface area contributed by atoms with Crippen molar-refractivity contribution in [3.05, 3.63) is 80.9 Å². The largest absolute Gasteiger partial charge is 0.276 e. The zero-order valence-electron chi connectivity index (χ0n) is 13.1. The molecule has 8 heteroatoms. The summed E-state index contributed by atoms with van der Waals surface area (Å²) in [4.78, 5) is 40.7. The number of benzene rings is 1. The molecule has 0 aliphatic carbocycles. The number of carbonyl (C=O) groups is 2. The van der Waals surface area contributed by atoms with Gasteiger partial charge in [-0.1, -0.05) is 29.8 Å². The van der Waals surface area contributed by atoms with Crippen molar-refractivity contribution in [2.75, 3.05) is 0 Å². The molecule has 1 aromatic carbocycles. The molecule has 0 bridgehead atoms. The molecule has 2 heterocycles. The molecule has 2 aromatic heterocycles. The fraction of sp³-hybridized carbons (Fsp3) is 0.0588. The third-order valence-corrected chi connectivity index (χ3v) is 3.83. The zero-order chi connectivity index (χ0) is 18.0. The average molecular weight is 357 g/mol. The minimum absolute atomic E-state index is 0.192. The van der Waals surface area contributed by atoms with E-state index in [0.717, 1.165) is 5.56 Å². The van der Waals surface area contributed by atoms with E-state index in [0.29, 0.717) is 5.65 Å². The van der Waals surface area contributed by atoms with E-state index in [4.69, 9.17) is 11.6 Å². The van der Waals surface area contributed by atoms with Gasteiger partial charge in [0.05, 0.1) is 10.6 Å². The lowest BCUT2D eigenvalue weighted by atomic mass is 10.2. The van der Waals surface area contributed by atoms with Gasteiger partial charge in [-0.3, -0.25) is 29.6 Å². The highest BCUT2D eigenvalue weighted by atomic mass is 35.5. The monoisotopic (exact) mass is 356 g/mol. The summed E-state index contributed by atoms with van der Waals surface area (Å²) in [5.74, 6) is -1.36. The molecule has 0 aliphatic heterocycles. The van der Waals surface area contributed by atoms with E-state index in [1.54, 1.807) is 30.5 Å². The van der Waals surface area contributed by atoms with E-state index in [-0.39, 0.29) is 16.1 Å². The summed E-state index contributed by atoms with van der Waals surface area (Å²) in [6.45, 7) is 1.82. The molecule has 0 radical (unpaired) electrons. The fourth-order valence-electron chi connectivity index (χ4n) is 2.23. The highest BCUT2D eigenvalue weighted by Gasteiger charge is 2.15. The first-order chi connectivity index (χ1) is 12.0. The van der Waals surface area contributed by atoms with E-state index < -0.39 is 17.4 Å². The van der Waals surface area contributed by atoms with Gasteiger partial charge in [-0.25, -0.2) is 4.98 Å². The van der Waals surface area contributed by atoms with Crippen LogP contribution in [0, 0.1) is 6.92 Å². The predicted octanol–water partition coefficient (Wildman–Crippen LogP) is 1.73. The van der Waals surface area contributed by atoms with Gasteiger partial charge in [-0.2, -0.15) is 0 Å². The molecule has 0 spiro atoms.